The zero-order chi connectivity index (χ0) is 40.4. The van der Waals surface area contributed by atoms with E-state index in [1.165, 1.54) is 0 Å². The van der Waals surface area contributed by atoms with Crippen LogP contribution in [0.15, 0.2) is 42.5 Å². The van der Waals surface area contributed by atoms with Crippen molar-refractivity contribution in [3.05, 3.63) is 48.0 Å². The lowest BCUT2D eigenvalue weighted by molar-refractivity contribution is -0.351. The van der Waals surface area contributed by atoms with Gasteiger partial charge in [0.15, 0.2) is 37.0 Å². The Bertz CT molecular complexity index is 1730. The minimum Gasteiger partial charge on any atom is -0.463 e. The lowest BCUT2D eigenvalue weighted by atomic mass is 9.94. The molecule has 2 fully saturated rings. The summed E-state index contributed by atoms with van der Waals surface area (Å²) in [4.78, 5) is 86.3. The number of amides is 1. The Hall–Kier alpha value is -5.17. The van der Waals surface area contributed by atoms with Gasteiger partial charge < -0.3 is 52.7 Å². The minimum atomic E-state index is -1.70. The molecule has 2 aliphatic rings. The van der Waals surface area contributed by atoms with E-state index in [4.69, 9.17) is 47.4 Å². The van der Waals surface area contributed by atoms with Crippen LogP contribution in [0.1, 0.15) is 54.0 Å². The molecule has 4 rings (SSSR count). The fourth-order valence-electron chi connectivity index (χ4n) is 6.22. The first-order valence-electron chi connectivity index (χ1n) is 17.3. The van der Waals surface area contributed by atoms with Crippen molar-refractivity contribution < 1.29 is 80.9 Å². The number of carbonyl (C=O) groups is 7. The van der Waals surface area contributed by atoms with Crippen LogP contribution in [-0.4, -0.2) is 116 Å². The van der Waals surface area contributed by atoms with E-state index < -0.39 is 116 Å². The highest BCUT2D eigenvalue weighted by atomic mass is 16.8. The first-order chi connectivity index (χ1) is 26.0. The first-order valence-corrected chi connectivity index (χ1v) is 17.3. The van der Waals surface area contributed by atoms with Crippen molar-refractivity contribution in [3.63, 3.8) is 0 Å². The van der Waals surface area contributed by atoms with Crippen LogP contribution < -0.4 is 5.32 Å². The molecular formula is C37H45NO17. The van der Waals surface area contributed by atoms with E-state index in [0.717, 1.165) is 59.2 Å². The summed E-state index contributed by atoms with van der Waals surface area (Å²) >= 11 is 0. The molecule has 18 heteroatoms. The summed E-state index contributed by atoms with van der Waals surface area (Å²) in [7, 11) is 0. The number of hydrogen-bond acceptors (Lipinski definition) is 17. The number of carbonyl (C=O) groups excluding carboxylic acids is 7. The van der Waals surface area contributed by atoms with Crippen LogP contribution in [0.4, 0.5) is 0 Å². The maximum atomic E-state index is 12.7. The van der Waals surface area contributed by atoms with Crippen molar-refractivity contribution in [1.29, 1.82) is 0 Å². The summed E-state index contributed by atoms with van der Waals surface area (Å²) in [6.07, 6.45) is -13.4. The molecule has 0 spiro atoms. The molecule has 10 atom stereocenters. The topological polar surface area (TPSA) is 224 Å². The molecule has 55 heavy (non-hydrogen) atoms. The molecule has 1 amide bonds. The molecule has 2 heterocycles. The quantitative estimate of drug-likeness (QED) is 0.212. The summed E-state index contributed by atoms with van der Waals surface area (Å²) in [6, 6.07) is 11.8. The molecule has 2 aromatic rings. The molecule has 2 aliphatic heterocycles. The van der Waals surface area contributed by atoms with Gasteiger partial charge in [-0.05, 0) is 22.4 Å². The van der Waals surface area contributed by atoms with Gasteiger partial charge in [0, 0.05) is 48.5 Å². The number of rotatable bonds is 14. The van der Waals surface area contributed by atoms with Crippen molar-refractivity contribution in [1.82, 2.24) is 5.32 Å². The molecule has 2 saturated heterocycles. The predicted octanol–water partition coefficient (Wildman–Crippen LogP) is 1.55. The van der Waals surface area contributed by atoms with E-state index in [2.05, 4.69) is 5.32 Å². The van der Waals surface area contributed by atoms with Crippen LogP contribution in [0.3, 0.4) is 0 Å². The third kappa shape index (κ3) is 12.2. The molecule has 0 saturated carbocycles. The lowest BCUT2D eigenvalue weighted by Gasteiger charge is -2.49. The molecule has 18 nitrogen and oxygen atoms in total. The van der Waals surface area contributed by atoms with Gasteiger partial charge in [-0.3, -0.25) is 33.6 Å². The molecule has 0 radical (unpaired) electrons. The van der Waals surface area contributed by atoms with E-state index in [1.807, 2.05) is 42.5 Å². The van der Waals surface area contributed by atoms with Crippen LogP contribution in [0.2, 0.25) is 0 Å². The fraction of sp³-hybridized carbons (Fsp3) is 0.541. The van der Waals surface area contributed by atoms with E-state index >= 15 is 0 Å². The number of hydrogen-bond donors (Lipinski definition) is 1. The van der Waals surface area contributed by atoms with Gasteiger partial charge in [0.05, 0.1) is 6.61 Å². The van der Waals surface area contributed by atoms with Crippen molar-refractivity contribution in [2.24, 2.45) is 0 Å². The second-order valence-electron chi connectivity index (χ2n) is 12.8. The predicted molar refractivity (Wildman–Crippen MR) is 184 cm³/mol. The number of fused-ring (bicyclic) bond motifs is 1. The van der Waals surface area contributed by atoms with Crippen LogP contribution in [0, 0.1) is 0 Å². The maximum absolute atomic E-state index is 12.7. The molecule has 0 aromatic heterocycles. The Morgan fingerprint density at radius 3 is 1.58 bits per heavy atom. The summed E-state index contributed by atoms with van der Waals surface area (Å²) in [5, 5.41) is 4.49. The van der Waals surface area contributed by atoms with E-state index in [1.54, 1.807) is 0 Å². The van der Waals surface area contributed by atoms with Gasteiger partial charge in [-0.15, -0.1) is 0 Å². The Balaban J connectivity index is 1.81. The Morgan fingerprint density at radius 1 is 0.564 bits per heavy atom. The largest absolute Gasteiger partial charge is 0.463 e. The molecular weight excluding hydrogens is 730 g/mol. The van der Waals surface area contributed by atoms with Crippen molar-refractivity contribution in [2.45, 2.75) is 116 Å². The summed E-state index contributed by atoms with van der Waals surface area (Å²) in [5.41, 5.74) is 0.704. The lowest BCUT2D eigenvalue weighted by Crippen LogP contribution is -2.69. The average Bonchev–Trinajstić information content (AvgIpc) is 3.09. The van der Waals surface area contributed by atoms with E-state index in [-0.39, 0.29) is 6.61 Å². The highest BCUT2D eigenvalue weighted by Crippen LogP contribution is 2.35. The molecule has 1 N–H and O–H groups in total. The first kappa shape index (κ1) is 42.6. The number of benzene rings is 2. The van der Waals surface area contributed by atoms with Crippen LogP contribution in [0.25, 0.3) is 10.8 Å². The van der Waals surface area contributed by atoms with Gasteiger partial charge in [-0.2, -0.15) is 0 Å². The van der Waals surface area contributed by atoms with Crippen molar-refractivity contribution in [2.75, 3.05) is 13.2 Å². The smallest absolute Gasteiger partial charge is 0.303 e. The summed E-state index contributed by atoms with van der Waals surface area (Å²) < 4.78 is 57.9. The standard InChI is InChI=1S/C37H45NO17/c1-18(39)38-30-33(51-23(6)44)31(49-21(4)42)28(16-46-19(2)40)53-36(30)55-34-32(50-22(5)43)29(17-47-20(3)41)54-37(35(34)52-24(7)45)48-15-25-12-13-26-10-8-9-11-27(26)14-25/h8-14,28-37H,15-17H2,1-7H3,(H,38,39)/t28-,29-,30-,31-,32+,33-,34+,35-,36+,37-/m1/s1. The van der Waals surface area contributed by atoms with Crippen LogP contribution in [-0.2, 0) is 87.5 Å². The third-order valence-corrected chi connectivity index (χ3v) is 8.24. The van der Waals surface area contributed by atoms with Crippen LogP contribution >= 0.6 is 0 Å². The van der Waals surface area contributed by atoms with Gasteiger partial charge in [0.25, 0.3) is 0 Å². The molecule has 2 aromatic carbocycles. The van der Waals surface area contributed by atoms with E-state index in [0.29, 0.717) is 5.56 Å². The van der Waals surface area contributed by atoms with Crippen molar-refractivity contribution >= 4 is 52.5 Å². The molecule has 0 aliphatic carbocycles. The summed E-state index contributed by atoms with van der Waals surface area (Å²) in [6.45, 7) is 6.66. The molecule has 0 bridgehead atoms. The van der Waals surface area contributed by atoms with E-state index in [9.17, 15) is 33.6 Å². The highest BCUT2D eigenvalue weighted by molar-refractivity contribution is 5.83. The van der Waals surface area contributed by atoms with Gasteiger partial charge in [-0.25, -0.2) is 0 Å². The Morgan fingerprint density at radius 2 is 1.05 bits per heavy atom. The van der Waals surface area contributed by atoms with Gasteiger partial charge in [0.1, 0.15) is 37.6 Å². The third-order valence-electron chi connectivity index (χ3n) is 8.24. The Kier molecular flexibility index (Phi) is 15.0. The SMILES string of the molecule is CC(=O)N[C@H]1[C@H](O[C@H]2[C@@H](OC(C)=O)[C@@H](COC(C)=O)O[C@@H](OCc3ccc4ccccc4c3)[C@@H]2OC(C)=O)O[C@H](COC(C)=O)[C@@H](OC(C)=O)[C@@H]1OC(C)=O. The minimum absolute atomic E-state index is 0.0873. The number of esters is 6. The number of nitrogens with one attached hydrogen (secondary N) is 1. The average molecular weight is 776 g/mol. The maximum Gasteiger partial charge on any atom is 0.303 e. The van der Waals surface area contributed by atoms with Gasteiger partial charge >= 0.3 is 35.8 Å². The Labute approximate surface area is 316 Å². The second kappa shape index (κ2) is 19.4. The monoisotopic (exact) mass is 775 g/mol. The molecule has 300 valence electrons. The highest BCUT2D eigenvalue weighted by Gasteiger charge is 2.57. The van der Waals surface area contributed by atoms with Gasteiger partial charge in [0.2, 0.25) is 5.91 Å². The molecule has 0 unspecified atom stereocenters. The summed E-state index contributed by atoms with van der Waals surface area (Å²) in [5.74, 6) is -5.44. The second-order valence-corrected chi connectivity index (χ2v) is 12.8. The van der Waals surface area contributed by atoms with Crippen molar-refractivity contribution in [3.8, 4) is 0 Å². The number of ether oxygens (including phenoxy) is 10. The zero-order valence-electron chi connectivity index (χ0n) is 31.4. The van der Waals surface area contributed by atoms with Crippen LogP contribution in [0.5, 0.6) is 0 Å². The normalized spacial score (nSPS) is 27.5. The van der Waals surface area contributed by atoms with Gasteiger partial charge in [-0.1, -0.05) is 36.4 Å². The zero-order valence-corrected chi connectivity index (χ0v) is 31.4. The fourth-order valence-corrected chi connectivity index (χ4v) is 6.22.